The number of nitrogens with zero attached hydrogens (tertiary/aromatic N) is 1. The van der Waals surface area contributed by atoms with Crippen molar-refractivity contribution >= 4 is 5.96 Å². The van der Waals surface area contributed by atoms with Crippen LogP contribution in [0.3, 0.4) is 0 Å². The molecule has 3 N–H and O–H groups in total. The molecule has 0 aromatic heterocycles. The first-order chi connectivity index (χ1) is 6.81. The van der Waals surface area contributed by atoms with Crippen LogP contribution in [0.25, 0.3) is 0 Å². The van der Waals surface area contributed by atoms with E-state index in [0.29, 0.717) is 12.0 Å². The first kappa shape index (κ1) is 8.57. The van der Waals surface area contributed by atoms with Gasteiger partial charge in [0, 0.05) is 12.6 Å². The molecule has 2 bridgehead atoms. The molecule has 0 aliphatic heterocycles. The first-order valence-corrected chi connectivity index (χ1v) is 5.87. The highest BCUT2D eigenvalue weighted by Gasteiger charge is 2.65. The monoisotopic (exact) mass is 193 g/mol. The molecule has 14 heavy (non-hydrogen) atoms. The van der Waals surface area contributed by atoms with Gasteiger partial charge in [-0.05, 0) is 49.9 Å². The molecule has 3 saturated carbocycles. The van der Waals surface area contributed by atoms with Gasteiger partial charge in [-0.3, -0.25) is 4.99 Å². The third-order valence-electron chi connectivity index (χ3n) is 4.38. The summed E-state index contributed by atoms with van der Waals surface area (Å²) >= 11 is 0. The summed E-state index contributed by atoms with van der Waals surface area (Å²) in [7, 11) is 0. The molecule has 3 nitrogen and oxygen atoms in total. The summed E-state index contributed by atoms with van der Waals surface area (Å²) in [5, 5.41) is 3.39. The van der Waals surface area contributed by atoms with Crippen molar-refractivity contribution in [2.45, 2.75) is 32.2 Å². The molecule has 3 heteroatoms. The minimum absolute atomic E-state index is 0.659. The molecular formula is C11H19N3. The molecule has 0 aromatic rings. The van der Waals surface area contributed by atoms with Crippen molar-refractivity contribution in [1.29, 1.82) is 0 Å². The van der Waals surface area contributed by atoms with Gasteiger partial charge < -0.3 is 11.1 Å². The van der Waals surface area contributed by atoms with Gasteiger partial charge in [0.25, 0.3) is 0 Å². The van der Waals surface area contributed by atoms with Crippen LogP contribution in [0.4, 0.5) is 0 Å². The second kappa shape index (κ2) is 2.88. The van der Waals surface area contributed by atoms with Crippen molar-refractivity contribution < 1.29 is 0 Å². The fraction of sp³-hybridized carbons (Fsp3) is 0.909. The average Bonchev–Trinajstić information content (AvgIpc) is 2.60. The predicted octanol–water partition coefficient (Wildman–Crippen LogP) is 0.955. The SMILES string of the molecule is CCN=C(N)NC1C2C3CCC(C3)C12. The van der Waals surface area contributed by atoms with Crippen LogP contribution >= 0.6 is 0 Å². The minimum Gasteiger partial charge on any atom is -0.370 e. The van der Waals surface area contributed by atoms with Crippen LogP contribution in [0.2, 0.25) is 0 Å². The lowest BCUT2D eigenvalue weighted by atomic mass is 10.0. The fourth-order valence-electron chi connectivity index (χ4n) is 3.91. The number of hydrogen-bond acceptors (Lipinski definition) is 1. The van der Waals surface area contributed by atoms with Crippen molar-refractivity contribution in [2.24, 2.45) is 34.4 Å². The molecule has 0 spiro atoms. The van der Waals surface area contributed by atoms with E-state index in [-0.39, 0.29) is 0 Å². The van der Waals surface area contributed by atoms with E-state index < -0.39 is 0 Å². The normalized spacial score (nSPS) is 49.2. The maximum Gasteiger partial charge on any atom is 0.188 e. The van der Waals surface area contributed by atoms with E-state index in [1.165, 1.54) is 19.3 Å². The fourth-order valence-corrected chi connectivity index (χ4v) is 3.91. The molecule has 3 fully saturated rings. The average molecular weight is 193 g/mol. The molecule has 0 amide bonds. The van der Waals surface area contributed by atoms with E-state index in [9.17, 15) is 0 Å². The number of fused-ring (bicyclic) bond motifs is 5. The van der Waals surface area contributed by atoms with Gasteiger partial charge in [-0.2, -0.15) is 0 Å². The van der Waals surface area contributed by atoms with Crippen LogP contribution < -0.4 is 11.1 Å². The van der Waals surface area contributed by atoms with Gasteiger partial charge in [-0.15, -0.1) is 0 Å². The summed E-state index contributed by atoms with van der Waals surface area (Å²) in [4.78, 5) is 4.19. The lowest BCUT2D eigenvalue weighted by Crippen LogP contribution is -2.36. The summed E-state index contributed by atoms with van der Waals surface area (Å²) in [5.74, 6) is 4.57. The van der Waals surface area contributed by atoms with Gasteiger partial charge in [0.1, 0.15) is 0 Å². The molecule has 4 unspecified atom stereocenters. The Morgan fingerprint density at radius 3 is 2.57 bits per heavy atom. The maximum atomic E-state index is 5.78. The topological polar surface area (TPSA) is 50.4 Å². The summed E-state index contributed by atoms with van der Waals surface area (Å²) in [6.45, 7) is 2.81. The molecule has 0 saturated heterocycles. The lowest BCUT2D eigenvalue weighted by molar-refractivity contribution is 0.456. The lowest BCUT2D eigenvalue weighted by Gasteiger charge is -2.10. The van der Waals surface area contributed by atoms with Crippen LogP contribution in [-0.2, 0) is 0 Å². The van der Waals surface area contributed by atoms with E-state index in [4.69, 9.17) is 5.73 Å². The third-order valence-corrected chi connectivity index (χ3v) is 4.38. The second-order valence-electron chi connectivity index (χ2n) is 5.02. The molecule has 0 radical (unpaired) electrons. The highest BCUT2D eigenvalue weighted by Crippen LogP contribution is 2.65. The van der Waals surface area contributed by atoms with E-state index >= 15 is 0 Å². The molecule has 0 aromatic carbocycles. The molecule has 78 valence electrons. The Bertz CT molecular complexity index is 258. The number of aliphatic imine (C=N–C) groups is 1. The number of nitrogens with one attached hydrogen (secondary N) is 1. The van der Waals surface area contributed by atoms with Crippen LogP contribution in [0, 0.1) is 23.7 Å². The van der Waals surface area contributed by atoms with Crippen molar-refractivity contribution in [3.8, 4) is 0 Å². The predicted molar refractivity (Wildman–Crippen MR) is 56.9 cm³/mol. The molecule has 3 aliphatic carbocycles. The highest BCUT2D eigenvalue weighted by molar-refractivity contribution is 5.78. The van der Waals surface area contributed by atoms with Crippen molar-refractivity contribution in [3.63, 3.8) is 0 Å². The third kappa shape index (κ3) is 1.07. The molecule has 3 aliphatic rings. The van der Waals surface area contributed by atoms with E-state index in [2.05, 4.69) is 10.3 Å². The quantitative estimate of drug-likeness (QED) is 0.507. The molecule has 0 heterocycles. The summed E-state index contributed by atoms with van der Waals surface area (Å²) < 4.78 is 0. The van der Waals surface area contributed by atoms with Crippen LogP contribution in [0.5, 0.6) is 0 Å². The first-order valence-electron chi connectivity index (χ1n) is 5.87. The number of nitrogens with two attached hydrogens (primary N) is 1. The molecule has 3 rings (SSSR count). The second-order valence-corrected chi connectivity index (χ2v) is 5.02. The molecule has 4 atom stereocenters. The van der Waals surface area contributed by atoms with E-state index in [1.807, 2.05) is 6.92 Å². The zero-order chi connectivity index (χ0) is 9.71. The standard InChI is InChI=1S/C11H19N3/c1-2-13-11(12)14-10-8-6-3-4-7(5-6)9(8)10/h6-10H,2-5H2,1H3,(H3,12,13,14). The minimum atomic E-state index is 0.659. The van der Waals surface area contributed by atoms with Gasteiger partial charge >= 0.3 is 0 Å². The van der Waals surface area contributed by atoms with Gasteiger partial charge in [-0.1, -0.05) is 0 Å². The number of rotatable bonds is 2. The van der Waals surface area contributed by atoms with Crippen LogP contribution in [-0.4, -0.2) is 18.5 Å². The Morgan fingerprint density at radius 2 is 2.00 bits per heavy atom. The Morgan fingerprint density at radius 1 is 1.36 bits per heavy atom. The Labute approximate surface area is 85.2 Å². The van der Waals surface area contributed by atoms with Gasteiger partial charge in [0.2, 0.25) is 0 Å². The van der Waals surface area contributed by atoms with Gasteiger partial charge in [-0.25, -0.2) is 0 Å². The Balaban J connectivity index is 1.61. The van der Waals surface area contributed by atoms with Crippen molar-refractivity contribution in [1.82, 2.24) is 5.32 Å². The van der Waals surface area contributed by atoms with Crippen LogP contribution in [0.1, 0.15) is 26.2 Å². The van der Waals surface area contributed by atoms with Gasteiger partial charge in [0.15, 0.2) is 5.96 Å². The number of hydrogen-bond donors (Lipinski definition) is 2. The zero-order valence-electron chi connectivity index (χ0n) is 8.74. The largest absolute Gasteiger partial charge is 0.370 e. The van der Waals surface area contributed by atoms with E-state index in [0.717, 1.165) is 30.2 Å². The Hall–Kier alpha value is -0.730. The zero-order valence-corrected chi connectivity index (χ0v) is 8.74. The Kier molecular flexibility index (Phi) is 1.76. The van der Waals surface area contributed by atoms with Crippen LogP contribution in [0.15, 0.2) is 4.99 Å². The maximum absolute atomic E-state index is 5.78. The van der Waals surface area contributed by atoms with Crippen molar-refractivity contribution in [3.05, 3.63) is 0 Å². The summed E-state index contributed by atoms with van der Waals surface area (Å²) in [6, 6.07) is 0.677. The molecular weight excluding hydrogens is 174 g/mol. The summed E-state index contributed by atoms with van der Waals surface area (Å²) in [6.07, 6.45) is 4.43. The highest BCUT2D eigenvalue weighted by atomic mass is 15.2. The smallest absolute Gasteiger partial charge is 0.188 e. The summed E-state index contributed by atoms with van der Waals surface area (Å²) in [5.41, 5.74) is 5.78. The number of guanidine groups is 1. The van der Waals surface area contributed by atoms with Gasteiger partial charge in [0.05, 0.1) is 0 Å². The van der Waals surface area contributed by atoms with Crippen molar-refractivity contribution in [2.75, 3.05) is 6.54 Å². The van der Waals surface area contributed by atoms with E-state index in [1.54, 1.807) is 0 Å².